The summed E-state index contributed by atoms with van der Waals surface area (Å²) >= 11 is 4.84. The van der Waals surface area contributed by atoms with Crippen LogP contribution in [0.5, 0.6) is 0 Å². The van der Waals surface area contributed by atoms with E-state index in [0.717, 1.165) is 12.8 Å². The van der Waals surface area contributed by atoms with Gasteiger partial charge in [0, 0.05) is 4.75 Å². The van der Waals surface area contributed by atoms with Crippen molar-refractivity contribution in [3.05, 3.63) is 35.4 Å². The molecule has 0 nitrogen and oxygen atoms in total. The molecule has 0 heterocycles. The Bertz CT molecular complexity index is 318. The van der Waals surface area contributed by atoms with Gasteiger partial charge < -0.3 is 0 Å². The van der Waals surface area contributed by atoms with Crippen molar-refractivity contribution >= 4 is 12.6 Å². The van der Waals surface area contributed by atoms with E-state index in [4.69, 9.17) is 12.6 Å². The third-order valence-corrected chi connectivity index (χ3v) is 4.97. The molecule has 17 heavy (non-hydrogen) atoms. The van der Waals surface area contributed by atoms with Crippen molar-refractivity contribution < 1.29 is 0 Å². The lowest BCUT2D eigenvalue weighted by Gasteiger charge is -2.26. The molecule has 1 aromatic rings. The fraction of sp³-hybridized carbons (Fsp3) is 0.625. The highest BCUT2D eigenvalue weighted by Gasteiger charge is 2.23. The number of hydrogen-bond donors (Lipinski definition) is 1. The van der Waals surface area contributed by atoms with Crippen molar-refractivity contribution in [2.24, 2.45) is 0 Å². The molecule has 1 rings (SSSR count). The Kier molecular flexibility index (Phi) is 5.58. The monoisotopic (exact) mass is 250 g/mol. The molecule has 0 unspecified atom stereocenters. The van der Waals surface area contributed by atoms with E-state index in [1.807, 2.05) is 0 Å². The minimum absolute atomic E-state index is 0.0481. The second-order valence-electron chi connectivity index (χ2n) is 4.87. The van der Waals surface area contributed by atoms with Gasteiger partial charge in [-0.1, -0.05) is 52.0 Å². The van der Waals surface area contributed by atoms with Crippen LogP contribution in [0, 0.1) is 0 Å². The molecule has 0 aliphatic rings. The number of hydrogen-bond acceptors (Lipinski definition) is 1. The Labute approximate surface area is 112 Å². The normalized spacial score (nSPS) is 12.1. The first-order valence-corrected chi connectivity index (χ1v) is 7.38. The van der Waals surface area contributed by atoms with Crippen LogP contribution in [0.4, 0.5) is 0 Å². The predicted molar refractivity (Wildman–Crippen MR) is 81.0 cm³/mol. The van der Waals surface area contributed by atoms with Gasteiger partial charge in [-0.2, -0.15) is 12.6 Å². The summed E-state index contributed by atoms with van der Waals surface area (Å²) in [5, 5.41) is 0. The summed E-state index contributed by atoms with van der Waals surface area (Å²) < 4.78 is 0.0481. The number of benzene rings is 1. The van der Waals surface area contributed by atoms with E-state index in [9.17, 15) is 0 Å². The molecule has 0 amide bonds. The van der Waals surface area contributed by atoms with E-state index in [1.54, 1.807) is 0 Å². The molecule has 0 atom stereocenters. The molecule has 0 spiro atoms. The standard InChI is InChI=1S/C16H26S/c1-5-13(6-2)14-9-11-15(12-10-14)16(17,7-3)8-4/h9-13,17H,5-8H2,1-4H3. The highest BCUT2D eigenvalue weighted by molar-refractivity contribution is 7.81. The first-order valence-electron chi connectivity index (χ1n) is 6.94. The Hall–Kier alpha value is -0.430. The zero-order valence-electron chi connectivity index (χ0n) is 11.7. The van der Waals surface area contributed by atoms with Crippen molar-refractivity contribution in [3.8, 4) is 0 Å². The van der Waals surface area contributed by atoms with E-state index in [0.29, 0.717) is 5.92 Å². The summed E-state index contributed by atoms with van der Waals surface area (Å²) in [5.74, 6) is 0.710. The summed E-state index contributed by atoms with van der Waals surface area (Å²) in [6.45, 7) is 8.96. The van der Waals surface area contributed by atoms with Gasteiger partial charge in [-0.3, -0.25) is 0 Å². The average molecular weight is 250 g/mol. The van der Waals surface area contributed by atoms with Crippen molar-refractivity contribution in [2.75, 3.05) is 0 Å². The lowest BCUT2D eigenvalue weighted by atomic mass is 9.88. The maximum Gasteiger partial charge on any atom is 0.0373 e. The van der Waals surface area contributed by atoms with E-state index >= 15 is 0 Å². The molecule has 0 fully saturated rings. The van der Waals surface area contributed by atoms with Crippen LogP contribution in [0.3, 0.4) is 0 Å². The highest BCUT2D eigenvalue weighted by Crippen LogP contribution is 2.36. The summed E-state index contributed by atoms with van der Waals surface area (Å²) in [6, 6.07) is 9.13. The molecule has 0 aliphatic carbocycles. The molecule has 0 bridgehead atoms. The molecular formula is C16H26S. The van der Waals surface area contributed by atoms with E-state index in [2.05, 4.69) is 52.0 Å². The molecule has 0 saturated heterocycles. The second-order valence-corrected chi connectivity index (χ2v) is 5.73. The van der Waals surface area contributed by atoms with Crippen LogP contribution in [-0.2, 0) is 4.75 Å². The largest absolute Gasteiger partial charge is 0.168 e. The van der Waals surface area contributed by atoms with Crippen molar-refractivity contribution in [2.45, 2.75) is 64.0 Å². The summed E-state index contributed by atoms with van der Waals surface area (Å²) in [5.41, 5.74) is 2.84. The predicted octanol–water partition coefficient (Wildman–Crippen LogP) is 5.54. The summed E-state index contributed by atoms with van der Waals surface area (Å²) in [4.78, 5) is 0. The van der Waals surface area contributed by atoms with Gasteiger partial charge in [-0.15, -0.1) is 0 Å². The molecule has 0 saturated carbocycles. The summed E-state index contributed by atoms with van der Waals surface area (Å²) in [6.07, 6.45) is 4.61. The first kappa shape index (κ1) is 14.6. The minimum atomic E-state index is 0.0481. The Morgan fingerprint density at radius 2 is 1.41 bits per heavy atom. The Balaban J connectivity index is 2.94. The van der Waals surface area contributed by atoms with Crippen LogP contribution in [0.1, 0.15) is 70.4 Å². The molecular weight excluding hydrogens is 224 g/mol. The fourth-order valence-corrected chi connectivity index (χ4v) is 2.63. The molecule has 0 aliphatic heterocycles. The van der Waals surface area contributed by atoms with Gasteiger partial charge in [-0.25, -0.2) is 0 Å². The molecule has 0 radical (unpaired) electrons. The van der Waals surface area contributed by atoms with Crippen LogP contribution in [0.2, 0.25) is 0 Å². The molecule has 1 heteroatoms. The molecule has 0 aromatic heterocycles. The quantitative estimate of drug-likeness (QED) is 0.630. The van der Waals surface area contributed by atoms with Gasteiger partial charge in [0.25, 0.3) is 0 Å². The van der Waals surface area contributed by atoms with Gasteiger partial charge in [0.1, 0.15) is 0 Å². The van der Waals surface area contributed by atoms with Crippen molar-refractivity contribution in [1.29, 1.82) is 0 Å². The van der Waals surface area contributed by atoms with E-state index in [1.165, 1.54) is 24.0 Å². The zero-order valence-corrected chi connectivity index (χ0v) is 12.6. The maximum absolute atomic E-state index is 4.84. The Morgan fingerprint density at radius 3 is 1.76 bits per heavy atom. The van der Waals surface area contributed by atoms with E-state index in [-0.39, 0.29) is 4.75 Å². The smallest absolute Gasteiger partial charge is 0.0373 e. The highest BCUT2D eigenvalue weighted by atomic mass is 32.1. The van der Waals surface area contributed by atoms with E-state index < -0.39 is 0 Å². The topological polar surface area (TPSA) is 0 Å². The molecule has 96 valence electrons. The van der Waals surface area contributed by atoms with Gasteiger partial charge >= 0.3 is 0 Å². The Morgan fingerprint density at radius 1 is 0.941 bits per heavy atom. The van der Waals surface area contributed by atoms with Crippen LogP contribution in [-0.4, -0.2) is 0 Å². The third-order valence-electron chi connectivity index (χ3n) is 4.07. The van der Waals surface area contributed by atoms with Crippen molar-refractivity contribution in [1.82, 2.24) is 0 Å². The maximum atomic E-state index is 4.84. The van der Waals surface area contributed by atoms with Crippen LogP contribution < -0.4 is 0 Å². The van der Waals surface area contributed by atoms with Crippen molar-refractivity contribution in [3.63, 3.8) is 0 Å². The molecule has 0 N–H and O–H groups in total. The fourth-order valence-electron chi connectivity index (χ4n) is 2.48. The van der Waals surface area contributed by atoms with Gasteiger partial charge in [0.05, 0.1) is 0 Å². The molecule has 1 aromatic carbocycles. The average Bonchev–Trinajstić information content (AvgIpc) is 2.40. The van der Waals surface area contributed by atoms with Gasteiger partial charge in [0.15, 0.2) is 0 Å². The van der Waals surface area contributed by atoms with Crippen LogP contribution in [0.25, 0.3) is 0 Å². The van der Waals surface area contributed by atoms with Gasteiger partial charge in [0.2, 0.25) is 0 Å². The second kappa shape index (κ2) is 6.49. The summed E-state index contributed by atoms with van der Waals surface area (Å²) in [7, 11) is 0. The first-order chi connectivity index (χ1) is 8.11. The van der Waals surface area contributed by atoms with Gasteiger partial charge in [-0.05, 0) is 42.7 Å². The zero-order chi connectivity index (χ0) is 12.9. The third kappa shape index (κ3) is 3.28. The minimum Gasteiger partial charge on any atom is -0.168 e. The lowest BCUT2D eigenvalue weighted by Crippen LogP contribution is -2.16. The SMILES string of the molecule is CCC(CC)c1ccc(C(S)(CC)CC)cc1. The number of rotatable bonds is 6. The number of thiol groups is 1. The van der Waals surface area contributed by atoms with Crippen LogP contribution >= 0.6 is 12.6 Å². The van der Waals surface area contributed by atoms with Crippen LogP contribution in [0.15, 0.2) is 24.3 Å². The lowest BCUT2D eigenvalue weighted by molar-refractivity contribution is 0.583.